The Balaban J connectivity index is 2.46. The van der Waals surface area contributed by atoms with E-state index in [4.69, 9.17) is 4.74 Å². The molecule has 19 heavy (non-hydrogen) atoms. The monoisotopic (exact) mass is 256 g/mol. The Bertz CT molecular complexity index is 579. The van der Waals surface area contributed by atoms with Gasteiger partial charge in [0.1, 0.15) is 11.6 Å². The first-order chi connectivity index (χ1) is 9.13. The Kier molecular flexibility index (Phi) is 4.15. The maximum atomic E-state index is 5.24. The predicted octanol–water partition coefficient (Wildman–Crippen LogP) is 3.72. The number of rotatable bonds is 4. The lowest BCUT2D eigenvalue weighted by Gasteiger charge is -2.09. The van der Waals surface area contributed by atoms with Crippen molar-refractivity contribution in [2.24, 2.45) is 0 Å². The molecule has 0 aliphatic rings. The van der Waals surface area contributed by atoms with Crippen molar-refractivity contribution in [3.63, 3.8) is 0 Å². The number of nitrogens with zero attached hydrogens (tertiary/aromatic N) is 2. The number of ether oxygens (including phenoxy) is 1. The molecule has 0 N–H and O–H groups in total. The topological polar surface area (TPSA) is 35.0 Å². The lowest BCUT2D eigenvalue weighted by atomic mass is 10.0. The minimum atomic E-state index is 0.830. The summed E-state index contributed by atoms with van der Waals surface area (Å²) >= 11 is 0. The van der Waals surface area contributed by atoms with Crippen LogP contribution in [0.1, 0.15) is 30.4 Å². The summed E-state index contributed by atoms with van der Waals surface area (Å²) < 4.78 is 5.24. The Morgan fingerprint density at radius 3 is 2.53 bits per heavy atom. The van der Waals surface area contributed by atoms with Gasteiger partial charge < -0.3 is 4.74 Å². The van der Waals surface area contributed by atoms with E-state index in [1.807, 2.05) is 19.1 Å². The number of hydrogen-bond acceptors (Lipinski definition) is 3. The molecule has 3 heteroatoms. The summed E-state index contributed by atoms with van der Waals surface area (Å²) in [6.45, 7) is 6.19. The molecular weight excluding hydrogens is 236 g/mol. The van der Waals surface area contributed by atoms with Crippen LogP contribution in [0.25, 0.3) is 11.3 Å². The fourth-order valence-corrected chi connectivity index (χ4v) is 2.20. The molecular formula is C16H20N2O. The van der Waals surface area contributed by atoms with Crippen molar-refractivity contribution in [3.8, 4) is 17.0 Å². The molecule has 0 atom stereocenters. The molecule has 0 bridgehead atoms. The van der Waals surface area contributed by atoms with Gasteiger partial charge in [-0.1, -0.05) is 13.3 Å². The summed E-state index contributed by atoms with van der Waals surface area (Å²) in [5.41, 5.74) is 4.42. The van der Waals surface area contributed by atoms with Gasteiger partial charge in [-0.25, -0.2) is 9.97 Å². The molecule has 1 aromatic heterocycles. The summed E-state index contributed by atoms with van der Waals surface area (Å²) in [6.07, 6.45) is 2.09. The zero-order valence-electron chi connectivity index (χ0n) is 12.0. The Morgan fingerprint density at radius 2 is 1.89 bits per heavy atom. The molecule has 100 valence electrons. The van der Waals surface area contributed by atoms with Crippen molar-refractivity contribution in [1.29, 1.82) is 0 Å². The van der Waals surface area contributed by atoms with Crippen LogP contribution in [0.15, 0.2) is 24.3 Å². The van der Waals surface area contributed by atoms with Crippen molar-refractivity contribution in [2.75, 3.05) is 7.11 Å². The molecule has 0 radical (unpaired) electrons. The summed E-state index contributed by atoms with van der Waals surface area (Å²) in [6, 6.07) is 8.16. The predicted molar refractivity (Wildman–Crippen MR) is 77.5 cm³/mol. The number of benzene rings is 1. The van der Waals surface area contributed by atoms with Crippen molar-refractivity contribution in [3.05, 3.63) is 41.3 Å². The number of aromatic nitrogens is 2. The van der Waals surface area contributed by atoms with Crippen LogP contribution in [0.2, 0.25) is 0 Å². The summed E-state index contributed by atoms with van der Waals surface area (Å²) in [5, 5.41) is 0. The largest absolute Gasteiger partial charge is 0.497 e. The van der Waals surface area contributed by atoms with Gasteiger partial charge in [0.05, 0.1) is 12.8 Å². The van der Waals surface area contributed by atoms with Gasteiger partial charge in [-0.3, -0.25) is 0 Å². The molecule has 3 nitrogen and oxygen atoms in total. The van der Waals surface area contributed by atoms with Crippen LogP contribution in [0.3, 0.4) is 0 Å². The van der Waals surface area contributed by atoms with Gasteiger partial charge >= 0.3 is 0 Å². The summed E-state index contributed by atoms with van der Waals surface area (Å²) in [7, 11) is 1.68. The molecule has 0 amide bonds. The van der Waals surface area contributed by atoms with E-state index in [0.717, 1.165) is 41.4 Å². The minimum absolute atomic E-state index is 0.830. The van der Waals surface area contributed by atoms with Crippen molar-refractivity contribution in [1.82, 2.24) is 9.97 Å². The third-order valence-electron chi connectivity index (χ3n) is 3.11. The van der Waals surface area contributed by atoms with E-state index in [-0.39, 0.29) is 0 Å². The van der Waals surface area contributed by atoms with Crippen molar-refractivity contribution >= 4 is 0 Å². The second-order valence-electron chi connectivity index (χ2n) is 4.72. The van der Waals surface area contributed by atoms with E-state index < -0.39 is 0 Å². The van der Waals surface area contributed by atoms with Gasteiger partial charge in [-0.15, -0.1) is 0 Å². The Morgan fingerprint density at radius 1 is 1.11 bits per heavy atom. The third-order valence-corrected chi connectivity index (χ3v) is 3.11. The van der Waals surface area contributed by atoms with E-state index in [1.165, 1.54) is 5.56 Å². The van der Waals surface area contributed by atoms with Gasteiger partial charge in [0.15, 0.2) is 0 Å². The summed E-state index contributed by atoms with van der Waals surface area (Å²) in [4.78, 5) is 9.03. The lowest BCUT2D eigenvalue weighted by molar-refractivity contribution is 0.414. The molecule has 1 aromatic carbocycles. The molecule has 0 aliphatic heterocycles. The van der Waals surface area contributed by atoms with E-state index in [9.17, 15) is 0 Å². The molecule has 0 unspecified atom stereocenters. The van der Waals surface area contributed by atoms with Crippen LogP contribution < -0.4 is 4.74 Å². The highest BCUT2D eigenvalue weighted by molar-refractivity contribution is 5.65. The zero-order chi connectivity index (χ0) is 13.8. The number of hydrogen-bond donors (Lipinski definition) is 0. The first-order valence-electron chi connectivity index (χ1n) is 6.63. The van der Waals surface area contributed by atoms with E-state index in [0.29, 0.717) is 0 Å². The molecule has 0 saturated heterocycles. The molecule has 2 aromatic rings. The maximum Gasteiger partial charge on any atom is 0.126 e. The van der Waals surface area contributed by atoms with Crippen LogP contribution in [0.5, 0.6) is 5.75 Å². The fraction of sp³-hybridized carbons (Fsp3) is 0.375. The second kappa shape index (κ2) is 5.83. The SMILES string of the molecule is CCCc1cc(-c2ccc(OC)cc2C)nc(C)n1. The second-order valence-corrected chi connectivity index (χ2v) is 4.72. The molecule has 0 aliphatic carbocycles. The molecule has 2 rings (SSSR count). The van der Waals surface area contributed by atoms with Crippen LogP contribution >= 0.6 is 0 Å². The molecule has 0 spiro atoms. The van der Waals surface area contributed by atoms with Gasteiger partial charge in [0.2, 0.25) is 0 Å². The van der Waals surface area contributed by atoms with Gasteiger partial charge in [-0.05, 0) is 50.1 Å². The van der Waals surface area contributed by atoms with Gasteiger partial charge in [0, 0.05) is 11.3 Å². The number of methoxy groups -OCH3 is 1. The minimum Gasteiger partial charge on any atom is -0.497 e. The van der Waals surface area contributed by atoms with E-state index in [1.54, 1.807) is 7.11 Å². The van der Waals surface area contributed by atoms with Crippen LogP contribution in [0, 0.1) is 13.8 Å². The van der Waals surface area contributed by atoms with E-state index >= 15 is 0 Å². The van der Waals surface area contributed by atoms with Gasteiger partial charge in [-0.2, -0.15) is 0 Å². The van der Waals surface area contributed by atoms with Crippen LogP contribution in [0.4, 0.5) is 0 Å². The highest BCUT2D eigenvalue weighted by atomic mass is 16.5. The Labute approximate surface area is 114 Å². The molecule has 1 heterocycles. The van der Waals surface area contributed by atoms with Crippen LogP contribution in [-0.2, 0) is 6.42 Å². The summed E-state index contributed by atoms with van der Waals surface area (Å²) in [5.74, 6) is 1.71. The van der Waals surface area contributed by atoms with Crippen LogP contribution in [-0.4, -0.2) is 17.1 Å². The fourth-order valence-electron chi connectivity index (χ4n) is 2.20. The standard InChI is InChI=1S/C16H20N2O/c1-5-6-13-10-16(18-12(3)17-13)15-8-7-14(19-4)9-11(15)2/h7-10H,5-6H2,1-4H3. The first kappa shape index (κ1) is 13.5. The average Bonchev–Trinajstić information content (AvgIpc) is 2.38. The number of aryl methyl sites for hydroxylation is 3. The Hall–Kier alpha value is -1.90. The normalized spacial score (nSPS) is 10.5. The zero-order valence-corrected chi connectivity index (χ0v) is 12.0. The highest BCUT2D eigenvalue weighted by Gasteiger charge is 2.07. The highest BCUT2D eigenvalue weighted by Crippen LogP contribution is 2.26. The first-order valence-corrected chi connectivity index (χ1v) is 6.63. The van der Waals surface area contributed by atoms with Gasteiger partial charge in [0.25, 0.3) is 0 Å². The molecule has 0 saturated carbocycles. The third kappa shape index (κ3) is 3.11. The van der Waals surface area contributed by atoms with Crippen molar-refractivity contribution < 1.29 is 4.74 Å². The van der Waals surface area contributed by atoms with E-state index in [2.05, 4.69) is 35.9 Å². The smallest absolute Gasteiger partial charge is 0.126 e. The maximum absolute atomic E-state index is 5.24. The quantitative estimate of drug-likeness (QED) is 0.836. The molecule has 0 fully saturated rings. The lowest BCUT2D eigenvalue weighted by Crippen LogP contribution is -1.98. The average molecular weight is 256 g/mol. The van der Waals surface area contributed by atoms with Crippen molar-refractivity contribution in [2.45, 2.75) is 33.6 Å².